The number of thioether (sulfide) groups is 1. The lowest BCUT2D eigenvalue weighted by atomic mass is 10.4. The van der Waals surface area contributed by atoms with Crippen molar-refractivity contribution in [3.05, 3.63) is 23.7 Å². The van der Waals surface area contributed by atoms with Crippen molar-refractivity contribution in [2.24, 2.45) is 0 Å². The van der Waals surface area contributed by atoms with E-state index in [2.05, 4.69) is 33.3 Å². The van der Waals surface area contributed by atoms with Crippen molar-refractivity contribution in [3.63, 3.8) is 0 Å². The van der Waals surface area contributed by atoms with Crippen molar-refractivity contribution in [1.82, 2.24) is 9.55 Å². The van der Waals surface area contributed by atoms with Gasteiger partial charge in [-0.05, 0) is 11.4 Å². The first kappa shape index (κ1) is 10.3. The van der Waals surface area contributed by atoms with Gasteiger partial charge in [0.05, 0.1) is 10.6 Å². The van der Waals surface area contributed by atoms with Gasteiger partial charge in [0.2, 0.25) is 0 Å². The number of aromatic nitrogens is 2. The topological polar surface area (TPSA) is 17.8 Å². The van der Waals surface area contributed by atoms with E-state index in [1.54, 1.807) is 11.3 Å². The van der Waals surface area contributed by atoms with Crippen LogP contribution in [0, 0.1) is 0 Å². The summed E-state index contributed by atoms with van der Waals surface area (Å²) in [4.78, 5) is 5.84. The third kappa shape index (κ3) is 1.64. The Morgan fingerprint density at radius 2 is 2.36 bits per heavy atom. The molecule has 3 rings (SSSR count). The van der Waals surface area contributed by atoms with Gasteiger partial charge in [-0.25, -0.2) is 4.98 Å². The van der Waals surface area contributed by atoms with Gasteiger partial charge in [-0.2, -0.15) is 0 Å². The molecule has 5 heteroatoms. The van der Waals surface area contributed by atoms with Gasteiger partial charge in [-0.15, -0.1) is 28.3 Å². The minimum absolute atomic E-state index is 0. The van der Waals surface area contributed by atoms with E-state index in [1.807, 2.05) is 11.8 Å². The molecule has 0 unspecified atom stereocenters. The molecule has 0 aliphatic carbocycles. The smallest absolute Gasteiger partial charge is 0.168 e. The van der Waals surface area contributed by atoms with Crippen LogP contribution in [-0.2, 0) is 6.54 Å². The van der Waals surface area contributed by atoms with E-state index < -0.39 is 0 Å². The summed E-state index contributed by atoms with van der Waals surface area (Å²) in [6, 6.07) is 4.19. The lowest BCUT2D eigenvalue weighted by molar-refractivity contribution is 0.719. The number of imidazole rings is 1. The lowest BCUT2D eigenvalue weighted by Gasteiger charge is -1.89. The third-order valence-electron chi connectivity index (χ3n) is 2.08. The number of nitrogens with zero attached hydrogens (tertiary/aromatic N) is 2. The summed E-state index contributed by atoms with van der Waals surface area (Å²) < 4.78 is 2.24. The SMILES string of the molecule is Br.c1csc(-c2cn3c(n2)SCC3)c1. The van der Waals surface area contributed by atoms with Crippen LogP contribution in [0.15, 0.2) is 28.9 Å². The summed E-state index contributed by atoms with van der Waals surface area (Å²) in [6.07, 6.45) is 2.15. The van der Waals surface area contributed by atoms with Gasteiger partial charge in [0.1, 0.15) is 0 Å². The highest BCUT2D eigenvalue weighted by atomic mass is 79.9. The molecule has 3 heterocycles. The van der Waals surface area contributed by atoms with Crippen molar-refractivity contribution < 1.29 is 0 Å². The molecule has 14 heavy (non-hydrogen) atoms. The number of hydrogen-bond acceptors (Lipinski definition) is 3. The van der Waals surface area contributed by atoms with E-state index in [0.29, 0.717) is 0 Å². The van der Waals surface area contributed by atoms with Crippen LogP contribution in [-0.4, -0.2) is 15.3 Å². The first-order chi connectivity index (χ1) is 6.43. The third-order valence-corrected chi connectivity index (χ3v) is 3.94. The van der Waals surface area contributed by atoms with Crippen LogP contribution in [0.3, 0.4) is 0 Å². The molecule has 0 spiro atoms. The van der Waals surface area contributed by atoms with Gasteiger partial charge < -0.3 is 4.57 Å². The van der Waals surface area contributed by atoms with Crippen LogP contribution >= 0.6 is 40.1 Å². The molecule has 0 N–H and O–H groups in total. The Kier molecular flexibility index (Phi) is 2.99. The maximum Gasteiger partial charge on any atom is 0.168 e. The molecular formula is C9H9BrN2S2. The summed E-state index contributed by atoms with van der Waals surface area (Å²) in [5.41, 5.74) is 1.12. The summed E-state index contributed by atoms with van der Waals surface area (Å²) in [6.45, 7) is 1.11. The van der Waals surface area contributed by atoms with Crippen LogP contribution < -0.4 is 0 Å². The zero-order valence-corrected chi connectivity index (χ0v) is 10.7. The van der Waals surface area contributed by atoms with Crippen LogP contribution in [0.2, 0.25) is 0 Å². The first-order valence-corrected chi connectivity index (χ1v) is 6.04. The maximum absolute atomic E-state index is 4.57. The van der Waals surface area contributed by atoms with Crippen LogP contribution in [0.4, 0.5) is 0 Å². The van der Waals surface area contributed by atoms with Crippen LogP contribution in [0.5, 0.6) is 0 Å². The van der Waals surface area contributed by atoms with Crippen molar-refractivity contribution >= 4 is 40.1 Å². The van der Waals surface area contributed by atoms with E-state index in [0.717, 1.165) is 12.2 Å². The second kappa shape index (κ2) is 4.08. The van der Waals surface area contributed by atoms with Crippen LogP contribution in [0.25, 0.3) is 10.6 Å². The molecule has 2 nitrogen and oxygen atoms in total. The predicted molar refractivity (Wildman–Crippen MR) is 66.6 cm³/mol. The minimum Gasteiger partial charge on any atom is -0.325 e. The van der Waals surface area contributed by atoms with Gasteiger partial charge in [-0.1, -0.05) is 17.8 Å². The Labute approximate surface area is 101 Å². The largest absolute Gasteiger partial charge is 0.325 e. The lowest BCUT2D eigenvalue weighted by Crippen LogP contribution is -1.88. The minimum atomic E-state index is 0. The normalized spacial score (nSPS) is 13.7. The molecular weight excluding hydrogens is 280 g/mol. The number of hydrogen-bond donors (Lipinski definition) is 0. The van der Waals surface area contributed by atoms with E-state index >= 15 is 0 Å². The average molecular weight is 289 g/mol. The Morgan fingerprint density at radius 1 is 1.43 bits per heavy atom. The summed E-state index contributed by atoms with van der Waals surface area (Å²) >= 11 is 3.59. The van der Waals surface area contributed by atoms with Crippen molar-refractivity contribution in [1.29, 1.82) is 0 Å². The fraction of sp³-hybridized carbons (Fsp3) is 0.222. The van der Waals surface area contributed by atoms with Gasteiger partial charge in [0.25, 0.3) is 0 Å². The van der Waals surface area contributed by atoms with E-state index in [-0.39, 0.29) is 17.0 Å². The standard InChI is InChI=1S/C9H8N2S2.BrH/c1-2-8(12-4-1)7-6-11-3-5-13-9(11)10-7;/h1-2,4,6H,3,5H2;1H. The second-order valence-electron chi connectivity index (χ2n) is 2.93. The maximum atomic E-state index is 4.57. The Hall–Kier alpha value is -0.260. The molecule has 0 atom stereocenters. The van der Waals surface area contributed by atoms with E-state index in [9.17, 15) is 0 Å². The highest BCUT2D eigenvalue weighted by Gasteiger charge is 2.15. The molecule has 1 aliphatic heterocycles. The molecule has 0 saturated heterocycles. The molecule has 0 amide bonds. The Morgan fingerprint density at radius 3 is 3.07 bits per heavy atom. The molecule has 0 aromatic carbocycles. The van der Waals surface area contributed by atoms with Gasteiger partial charge in [-0.3, -0.25) is 0 Å². The summed E-state index contributed by atoms with van der Waals surface area (Å²) in [5, 5.41) is 3.26. The van der Waals surface area contributed by atoms with Crippen LogP contribution in [0.1, 0.15) is 0 Å². The summed E-state index contributed by atoms with van der Waals surface area (Å²) in [5.74, 6) is 1.17. The van der Waals surface area contributed by atoms with Crippen molar-refractivity contribution in [3.8, 4) is 10.6 Å². The fourth-order valence-corrected chi connectivity index (χ4v) is 3.08. The second-order valence-corrected chi connectivity index (χ2v) is 4.94. The first-order valence-electron chi connectivity index (χ1n) is 4.17. The molecule has 0 radical (unpaired) electrons. The molecule has 0 saturated carbocycles. The number of thiophene rings is 1. The highest BCUT2D eigenvalue weighted by Crippen LogP contribution is 2.30. The number of rotatable bonds is 1. The number of fused-ring (bicyclic) bond motifs is 1. The quantitative estimate of drug-likeness (QED) is 0.801. The fourth-order valence-electron chi connectivity index (χ4n) is 1.45. The predicted octanol–water partition coefficient (Wildman–Crippen LogP) is 3.30. The van der Waals surface area contributed by atoms with Crippen molar-refractivity contribution in [2.45, 2.75) is 11.7 Å². The molecule has 1 aliphatic rings. The monoisotopic (exact) mass is 288 g/mol. The zero-order chi connectivity index (χ0) is 8.67. The summed E-state index contributed by atoms with van der Waals surface area (Å²) in [7, 11) is 0. The molecule has 2 aromatic heterocycles. The Balaban J connectivity index is 0.000000750. The van der Waals surface area contributed by atoms with E-state index in [4.69, 9.17) is 0 Å². The van der Waals surface area contributed by atoms with Crippen molar-refractivity contribution in [2.75, 3.05) is 5.75 Å². The Bertz CT molecular complexity index is 400. The van der Waals surface area contributed by atoms with Gasteiger partial charge in [0, 0.05) is 18.5 Å². The highest BCUT2D eigenvalue weighted by molar-refractivity contribution is 8.93. The number of halogens is 1. The molecule has 74 valence electrons. The molecule has 2 aromatic rings. The number of aryl methyl sites for hydroxylation is 1. The van der Waals surface area contributed by atoms with Gasteiger partial charge >= 0.3 is 0 Å². The van der Waals surface area contributed by atoms with E-state index in [1.165, 1.54) is 15.8 Å². The molecule has 0 bridgehead atoms. The zero-order valence-electron chi connectivity index (χ0n) is 7.34. The average Bonchev–Trinajstić information content (AvgIpc) is 2.78. The van der Waals surface area contributed by atoms with Gasteiger partial charge in [0.15, 0.2) is 5.16 Å². The molecule has 0 fully saturated rings.